The first-order chi connectivity index (χ1) is 15.6. The van der Waals surface area contributed by atoms with E-state index in [4.69, 9.17) is 28.3 Å². The first kappa shape index (κ1) is 25.5. The molecule has 0 fully saturated rings. The minimum atomic E-state index is -6.35. The number of alkyl halides is 7. The first-order valence-corrected chi connectivity index (χ1v) is 9.44. The molecule has 2 heterocycles. The van der Waals surface area contributed by atoms with E-state index in [1.54, 1.807) is 0 Å². The topological polar surface area (TPSA) is 90.1 Å². The number of halogens is 9. The van der Waals surface area contributed by atoms with Crippen molar-refractivity contribution in [2.75, 3.05) is 0 Å². The van der Waals surface area contributed by atoms with Crippen LogP contribution in [-0.2, 0) is 5.67 Å². The molecule has 34 heavy (non-hydrogen) atoms. The molecule has 0 atom stereocenters. The van der Waals surface area contributed by atoms with Crippen LogP contribution in [-0.4, -0.2) is 43.6 Å². The van der Waals surface area contributed by atoms with Gasteiger partial charge in [0.05, 0.1) is 21.9 Å². The van der Waals surface area contributed by atoms with E-state index >= 15 is 0 Å². The Morgan fingerprint density at radius 3 is 2.09 bits per heavy atom. The van der Waals surface area contributed by atoms with Crippen molar-refractivity contribution in [2.24, 2.45) is 0 Å². The van der Waals surface area contributed by atoms with E-state index in [0.29, 0.717) is 0 Å². The second-order valence-electron chi connectivity index (χ2n) is 6.67. The van der Waals surface area contributed by atoms with Gasteiger partial charge in [0, 0.05) is 17.3 Å². The lowest BCUT2D eigenvalue weighted by Gasteiger charge is -2.30. The maximum absolute atomic E-state index is 14.4. The van der Waals surface area contributed by atoms with E-state index in [0.717, 1.165) is 10.9 Å². The third-order valence-electron chi connectivity index (χ3n) is 4.45. The molecular weight excluding hydrogens is 524 g/mol. The van der Waals surface area contributed by atoms with Crippen LogP contribution in [0.5, 0.6) is 5.75 Å². The van der Waals surface area contributed by atoms with Crippen LogP contribution in [0.25, 0.3) is 16.9 Å². The molecule has 0 radical (unpaired) electrons. The third kappa shape index (κ3) is 4.46. The molecule has 0 unspecified atom stereocenters. The second kappa shape index (κ2) is 8.58. The van der Waals surface area contributed by atoms with Gasteiger partial charge in [0.15, 0.2) is 5.75 Å². The number of pyridine rings is 1. The van der Waals surface area contributed by atoms with Crippen LogP contribution in [0.1, 0.15) is 11.3 Å². The molecule has 0 aliphatic carbocycles. The Morgan fingerprint density at radius 1 is 1.03 bits per heavy atom. The fraction of sp³-hybridized carbons (Fsp3) is 0.222. The molecule has 1 N–H and O–H groups in total. The highest BCUT2D eigenvalue weighted by molar-refractivity contribution is 6.37. The third-order valence-corrected chi connectivity index (χ3v) is 5.03. The summed E-state index contributed by atoms with van der Waals surface area (Å²) in [6, 6.07) is 1.52. The van der Waals surface area contributed by atoms with Gasteiger partial charge < -0.3 is 9.84 Å². The summed E-state index contributed by atoms with van der Waals surface area (Å²) in [7, 11) is 0. The zero-order valence-corrected chi connectivity index (χ0v) is 17.9. The van der Waals surface area contributed by atoms with Crippen LogP contribution >= 0.6 is 23.2 Å². The molecule has 0 saturated carbocycles. The van der Waals surface area contributed by atoms with E-state index in [1.165, 1.54) is 19.2 Å². The Bertz CT molecular complexity index is 1220. The van der Waals surface area contributed by atoms with Crippen LogP contribution in [0.2, 0.25) is 10.0 Å². The summed E-state index contributed by atoms with van der Waals surface area (Å²) in [5.41, 5.74) is -7.54. The van der Waals surface area contributed by atoms with Crippen molar-refractivity contribution in [2.45, 2.75) is 24.9 Å². The standard InChI is InChI=1S/C18H9Cl2F7N4O3/c1-7-13(34-15(32)33)2-8(5-28-7)12-6-31(30-29-12)14-10(19)3-9(4-11(14)20)16(21,17(22,23)24)18(25,26)27/h2-6H,1H3,(H,32,33). The van der Waals surface area contributed by atoms with E-state index in [9.17, 15) is 35.5 Å². The number of aromatic nitrogens is 4. The predicted molar refractivity (Wildman–Crippen MR) is 103 cm³/mol. The van der Waals surface area contributed by atoms with Gasteiger partial charge in [0.2, 0.25) is 0 Å². The Labute approximate surface area is 194 Å². The molecule has 0 saturated heterocycles. The first-order valence-electron chi connectivity index (χ1n) is 8.68. The Balaban J connectivity index is 2.07. The van der Waals surface area contributed by atoms with Crippen molar-refractivity contribution >= 4 is 29.4 Å². The summed E-state index contributed by atoms with van der Waals surface area (Å²) in [6.07, 6.45) is -11.9. The number of ether oxygens (including phenoxy) is 1. The molecule has 2 aromatic heterocycles. The molecule has 1 aromatic carbocycles. The number of aryl methyl sites for hydroxylation is 1. The van der Waals surface area contributed by atoms with Crippen molar-refractivity contribution in [1.29, 1.82) is 0 Å². The van der Waals surface area contributed by atoms with Crippen molar-refractivity contribution < 1.29 is 45.4 Å². The maximum Gasteiger partial charge on any atom is 0.511 e. The summed E-state index contributed by atoms with van der Waals surface area (Å²) >= 11 is 11.7. The lowest BCUT2D eigenvalue weighted by atomic mass is 9.94. The van der Waals surface area contributed by atoms with Gasteiger partial charge in [-0.15, -0.1) is 5.10 Å². The van der Waals surface area contributed by atoms with E-state index in [1.807, 2.05) is 0 Å². The summed E-state index contributed by atoms with van der Waals surface area (Å²) in [5.74, 6) is -0.126. The average Bonchev–Trinajstić information content (AvgIpc) is 3.16. The number of rotatable bonds is 4. The minimum Gasteiger partial charge on any atom is -0.449 e. The van der Waals surface area contributed by atoms with Gasteiger partial charge in [-0.1, -0.05) is 28.4 Å². The zero-order valence-electron chi connectivity index (χ0n) is 16.3. The summed E-state index contributed by atoms with van der Waals surface area (Å²) < 4.78 is 98.0. The second-order valence-corrected chi connectivity index (χ2v) is 7.48. The van der Waals surface area contributed by atoms with E-state index in [-0.39, 0.29) is 40.5 Å². The molecule has 0 aliphatic rings. The van der Waals surface area contributed by atoms with Crippen LogP contribution in [0.3, 0.4) is 0 Å². The highest BCUT2D eigenvalue weighted by Crippen LogP contribution is 2.54. The monoisotopic (exact) mass is 532 g/mol. The van der Waals surface area contributed by atoms with Crippen molar-refractivity contribution in [3.63, 3.8) is 0 Å². The van der Waals surface area contributed by atoms with Gasteiger partial charge in [0.1, 0.15) is 11.4 Å². The number of benzene rings is 1. The molecule has 0 aliphatic heterocycles. The predicted octanol–water partition coefficient (Wildman–Crippen LogP) is 6.29. The maximum atomic E-state index is 14.4. The van der Waals surface area contributed by atoms with Gasteiger partial charge in [-0.25, -0.2) is 13.9 Å². The Morgan fingerprint density at radius 2 is 1.59 bits per heavy atom. The summed E-state index contributed by atoms with van der Waals surface area (Å²) in [4.78, 5) is 14.7. The fourth-order valence-corrected chi connectivity index (χ4v) is 3.49. The SMILES string of the molecule is Cc1ncc(-c2cn(-c3c(Cl)cc(C(F)(C(F)(F)F)C(F)(F)F)cc3Cl)nn2)cc1OC(=O)O. The number of carboxylic acid groups (broad SMARTS) is 1. The highest BCUT2D eigenvalue weighted by atomic mass is 35.5. The van der Waals surface area contributed by atoms with E-state index < -0.39 is 39.8 Å². The van der Waals surface area contributed by atoms with E-state index in [2.05, 4.69) is 20.0 Å². The largest absolute Gasteiger partial charge is 0.511 e. The van der Waals surface area contributed by atoms with Gasteiger partial charge in [-0.05, 0) is 25.1 Å². The molecule has 3 aromatic rings. The lowest BCUT2D eigenvalue weighted by Crippen LogP contribution is -2.50. The van der Waals surface area contributed by atoms with Crippen molar-refractivity contribution in [1.82, 2.24) is 20.0 Å². The average molecular weight is 533 g/mol. The molecule has 0 bridgehead atoms. The molecule has 0 amide bonds. The normalized spacial score (nSPS) is 12.6. The minimum absolute atomic E-state index is 0.0318. The number of hydrogen-bond donors (Lipinski definition) is 1. The van der Waals surface area contributed by atoms with Crippen molar-refractivity contribution in [3.8, 4) is 22.7 Å². The van der Waals surface area contributed by atoms with Gasteiger partial charge in [0.25, 0.3) is 0 Å². The molecule has 182 valence electrons. The van der Waals surface area contributed by atoms with Crippen LogP contribution in [0, 0.1) is 6.92 Å². The number of nitrogens with zero attached hydrogens (tertiary/aromatic N) is 4. The lowest BCUT2D eigenvalue weighted by molar-refractivity contribution is -0.348. The van der Waals surface area contributed by atoms with Crippen LogP contribution < -0.4 is 4.74 Å². The van der Waals surface area contributed by atoms with Crippen LogP contribution in [0.15, 0.2) is 30.6 Å². The molecule has 3 rings (SSSR count). The highest BCUT2D eigenvalue weighted by Gasteiger charge is 2.73. The number of hydrogen-bond acceptors (Lipinski definition) is 5. The molecule has 0 spiro atoms. The Kier molecular flexibility index (Phi) is 6.43. The van der Waals surface area contributed by atoms with Crippen LogP contribution in [0.4, 0.5) is 35.5 Å². The fourth-order valence-electron chi connectivity index (χ4n) is 2.83. The zero-order chi connectivity index (χ0) is 25.6. The Hall–Kier alpha value is -3.13. The molecular formula is C18H9Cl2F7N4O3. The van der Waals surface area contributed by atoms with Gasteiger partial charge in [-0.3, -0.25) is 4.98 Å². The van der Waals surface area contributed by atoms with Crippen molar-refractivity contribution in [3.05, 3.63) is 51.9 Å². The smallest absolute Gasteiger partial charge is 0.449 e. The quantitative estimate of drug-likeness (QED) is 0.313. The van der Waals surface area contributed by atoms with Gasteiger partial charge in [-0.2, -0.15) is 26.3 Å². The molecule has 16 heteroatoms. The summed E-state index contributed by atoms with van der Waals surface area (Å²) in [6.45, 7) is 1.47. The van der Waals surface area contributed by atoms with Gasteiger partial charge >= 0.3 is 24.2 Å². The summed E-state index contributed by atoms with van der Waals surface area (Å²) in [5, 5.41) is 14.6. The molecule has 7 nitrogen and oxygen atoms in total. The number of carbonyl (C=O) groups is 1.